The Kier molecular flexibility index (Phi) is 5.56. The van der Waals surface area contributed by atoms with Gasteiger partial charge in [-0.05, 0) is 38.4 Å². The monoisotopic (exact) mass is 289 g/mol. The molecule has 1 aromatic heterocycles. The molecule has 1 heterocycles. The number of rotatable bonds is 7. The highest BCUT2D eigenvalue weighted by molar-refractivity contribution is 7.15. The van der Waals surface area contributed by atoms with Crippen molar-refractivity contribution >= 4 is 22.2 Å². The minimum Gasteiger partial charge on any atom is -0.318 e. The van der Waals surface area contributed by atoms with E-state index in [1.165, 1.54) is 16.1 Å². The quantitative estimate of drug-likeness (QED) is 0.778. The molecule has 0 amide bonds. The van der Waals surface area contributed by atoms with Crippen molar-refractivity contribution in [2.24, 2.45) is 0 Å². The topological polar surface area (TPSA) is 28.2 Å². The SMILES string of the molecule is CCCNCc1cnc(N(CC)c2ccccc2C)s1. The van der Waals surface area contributed by atoms with E-state index in [0.717, 1.165) is 31.2 Å². The number of hydrogen-bond acceptors (Lipinski definition) is 4. The van der Waals surface area contributed by atoms with Crippen molar-refractivity contribution in [3.05, 3.63) is 40.9 Å². The van der Waals surface area contributed by atoms with Crippen molar-refractivity contribution in [3.8, 4) is 0 Å². The number of anilines is 2. The normalized spacial score (nSPS) is 10.8. The smallest absolute Gasteiger partial charge is 0.190 e. The van der Waals surface area contributed by atoms with Gasteiger partial charge in [-0.3, -0.25) is 0 Å². The Morgan fingerprint density at radius 2 is 2.05 bits per heavy atom. The lowest BCUT2D eigenvalue weighted by Crippen LogP contribution is -2.16. The van der Waals surface area contributed by atoms with Gasteiger partial charge in [0.15, 0.2) is 5.13 Å². The van der Waals surface area contributed by atoms with Gasteiger partial charge in [0.1, 0.15) is 0 Å². The standard InChI is InChI=1S/C16H23N3S/c1-4-10-17-11-14-12-18-16(20-14)19(5-2)15-9-7-6-8-13(15)3/h6-9,12,17H,4-5,10-11H2,1-3H3. The summed E-state index contributed by atoms with van der Waals surface area (Å²) in [5.41, 5.74) is 2.53. The van der Waals surface area contributed by atoms with Crippen LogP contribution in [0, 0.1) is 6.92 Å². The fourth-order valence-corrected chi connectivity index (χ4v) is 3.12. The van der Waals surface area contributed by atoms with Gasteiger partial charge in [0.25, 0.3) is 0 Å². The first kappa shape index (κ1) is 15.0. The molecule has 1 N–H and O–H groups in total. The number of thiazole rings is 1. The first-order valence-corrected chi connectivity index (χ1v) is 8.06. The summed E-state index contributed by atoms with van der Waals surface area (Å²) in [6.45, 7) is 9.40. The van der Waals surface area contributed by atoms with Gasteiger partial charge in [-0.2, -0.15) is 0 Å². The van der Waals surface area contributed by atoms with Gasteiger partial charge in [0.2, 0.25) is 0 Å². The summed E-state index contributed by atoms with van der Waals surface area (Å²) in [7, 11) is 0. The Morgan fingerprint density at radius 3 is 2.75 bits per heavy atom. The minimum atomic E-state index is 0.914. The van der Waals surface area contributed by atoms with Gasteiger partial charge in [0.05, 0.1) is 0 Å². The van der Waals surface area contributed by atoms with Gasteiger partial charge in [0, 0.05) is 29.9 Å². The summed E-state index contributed by atoms with van der Waals surface area (Å²) in [5.74, 6) is 0. The zero-order chi connectivity index (χ0) is 14.4. The lowest BCUT2D eigenvalue weighted by molar-refractivity contribution is 0.681. The summed E-state index contributed by atoms with van der Waals surface area (Å²) in [4.78, 5) is 8.16. The molecule has 0 radical (unpaired) electrons. The van der Waals surface area contributed by atoms with E-state index >= 15 is 0 Å². The summed E-state index contributed by atoms with van der Waals surface area (Å²) in [5, 5.41) is 4.50. The number of hydrogen-bond donors (Lipinski definition) is 1. The largest absolute Gasteiger partial charge is 0.318 e. The Labute approximate surface area is 125 Å². The van der Waals surface area contributed by atoms with Gasteiger partial charge in [-0.15, -0.1) is 11.3 Å². The van der Waals surface area contributed by atoms with Crippen LogP contribution < -0.4 is 10.2 Å². The predicted octanol–water partition coefficient (Wildman–Crippen LogP) is 4.11. The second-order valence-corrected chi connectivity index (χ2v) is 5.91. The number of aryl methyl sites for hydroxylation is 1. The molecule has 0 aliphatic carbocycles. The zero-order valence-electron chi connectivity index (χ0n) is 12.5. The molecule has 0 aliphatic heterocycles. The van der Waals surface area contributed by atoms with E-state index in [0.29, 0.717) is 0 Å². The maximum atomic E-state index is 4.59. The van der Waals surface area contributed by atoms with Crippen LogP contribution >= 0.6 is 11.3 Å². The van der Waals surface area contributed by atoms with Crippen LogP contribution in [-0.4, -0.2) is 18.1 Å². The van der Waals surface area contributed by atoms with Gasteiger partial charge < -0.3 is 10.2 Å². The third-order valence-electron chi connectivity index (χ3n) is 3.22. The molecule has 20 heavy (non-hydrogen) atoms. The maximum Gasteiger partial charge on any atom is 0.190 e. The van der Waals surface area contributed by atoms with Crippen molar-refractivity contribution in [1.29, 1.82) is 0 Å². The summed E-state index contributed by atoms with van der Waals surface area (Å²) < 4.78 is 0. The molecular formula is C16H23N3S. The van der Waals surface area contributed by atoms with E-state index in [-0.39, 0.29) is 0 Å². The number of para-hydroxylation sites is 1. The van der Waals surface area contributed by atoms with Crippen LogP contribution in [0.4, 0.5) is 10.8 Å². The molecule has 3 nitrogen and oxygen atoms in total. The third kappa shape index (κ3) is 3.58. The highest BCUT2D eigenvalue weighted by atomic mass is 32.1. The number of benzene rings is 1. The molecule has 4 heteroatoms. The van der Waals surface area contributed by atoms with Crippen LogP contribution in [0.3, 0.4) is 0 Å². The number of nitrogens with zero attached hydrogens (tertiary/aromatic N) is 2. The third-order valence-corrected chi connectivity index (χ3v) is 4.24. The molecule has 0 aliphatic rings. The Hall–Kier alpha value is -1.39. The lowest BCUT2D eigenvalue weighted by Gasteiger charge is -2.21. The second kappa shape index (κ2) is 7.41. The first-order chi connectivity index (χ1) is 9.76. The molecular weight excluding hydrogens is 266 g/mol. The summed E-state index contributed by atoms with van der Waals surface area (Å²) in [6, 6.07) is 8.47. The van der Waals surface area contributed by atoms with Crippen molar-refractivity contribution in [2.75, 3.05) is 18.0 Å². The number of nitrogens with one attached hydrogen (secondary N) is 1. The molecule has 2 aromatic rings. The lowest BCUT2D eigenvalue weighted by atomic mass is 10.2. The Morgan fingerprint density at radius 1 is 1.25 bits per heavy atom. The van der Waals surface area contributed by atoms with Crippen LogP contribution in [0.1, 0.15) is 30.7 Å². The second-order valence-electron chi connectivity index (χ2n) is 4.82. The maximum absolute atomic E-state index is 4.59. The molecule has 0 unspecified atom stereocenters. The minimum absolute atomic E-state index is 0.914. The Balaban J connectivity index is 2.14. The molecule has 108 valence electrons. The van der Waals surface area contributed by atoms with E-state index in [1.807, 2.05) is 6.20 Å². The van der Waals surface area contributed by atoms with Crippen LogP contribution in [0.5, 0.6) is 0 Å². The van der Waals surface area contributed by atoms with Crippen molar-refractivity contribution in [2.45, 2.75) is 33.7 Å². The fraction of sp³-hybridized carbons (Fsp3) is 0.438. The van der Waals surface area contributed by atoms with Crippen LogP contribution in [0.15, 0.2) is 30.5 Å². The first-order valence-electron chi connectivity index (χ1n) is 7.24. The fourth-order valence-electron chi connectivity index (χ4n) is 2.17. The van der Waals surface area contributed by atoms with E-state index in [1.54, 1.807) is 11.3 Å². The van der Waals surface area contributed by atoms with Crippen LogP contribution in [0.2, 0.25) is 0 Å². The molecule has 0 atom stereocenters. The molecule has 0 saturated heterocycles. The van der Waals surface area contributed by atoms with Crippen LogP contribution in [0.25, 0.3) is 0 Å². The average molecular weight is 289 g/mol. The summed E-state index contributed by atoms with van der Waals surface area (Å²) in [6.07, 6.45) is 3.15. The Bertz CT molecular complexity index is 536. The molecule has 2 rings (SSSR count). The molecule has 0 saturated carbocycles. The van der Waals surface area contributed by atoms with Gasteiger partial charge in [-0.1, -0.05) is 25.1 Å². The highest BCUT2D eigenvalue weighted by Gasteiger charge is 2.13. The van der Waals surface area contributed by atoms with Crippen molar-refractivity contribution in [3.63, 3.8) is 0 Å². The van der Waals surface area contributed by atoms with E-state index in [4.69, 9.17) is 0 Å². The molecule has 1 aromatic carbocycles. The molecule has 0 fully saturated rings. The number of aromatic nitrogens is 1. The summed E-state index contributed by atoms with van der Waals surface area (Å²) >= 11 is 1.77. The van der Waals surface area contributed by atoms with Crippen LogP contribution in [-0.2, 0) is 6.54 Å². The van der Waals surface area contributed by atoms with E-state index in [9.17, 15) is 0 Å². The van der Waals surface area contributed by atoms with Gasteiger partial charge in [-0.25, -0.2) is 4.98 Å². The van der Waals surface area contributed by atoms with Crippen molar-refractivity contribution < 1.29 is 0 Å². The molecule has 0 spiro atoms. The predicted molar refractivity (Wildman–Crippen MR) is 88.0 cm³/mol. The van der Waals surface area contributed by atoms with Crippen molar-refractivity contribution in [1.82, 2.24) is 10.3 Å². The highest BCUT2D eigenvalue weighted by Crippen LogP contribution is 2.31. The van der Waals surface area contributed by atoms with E-state index < -0.39 is 0 Å². The average Bonchev–Trinajstić information content (AvgIpc) is 2.91. The van der Waals surface area contributed by atoms with Gasteiger partial charge >= 0.3 is 0 Å². The zero-order valence-corrected chi connectivity index (χ0v) is 13.3. The molecule has 0 bridgehead atoms. The van der Waals surface area contributed by atoms with E-state index in [2.05, 4.69) is 60.2 Å².